The van der Waals surface area contributed by atoms with Crippen molar-refractivity contribution < 1.29 is 13.9 Å². The Hall–Kier alpha value is -0.970. The summed E-state index contributed by atoms with van der Waals surface area (Å²) in [5.74, 6) is -0.710. The van der Waals surface area contributed by atoms with Crippen molar-refractivity contribution in [1.29, 1.82) is 0 Å². The molecular formula is C14H20FNO2. The molecule has 0 spiro atoms. The van der Waals surface area contributed by atoms with Crippen LogP contribution in [0.2, 0.25) is 0 Å². The van der Waals surface area contributed by atoms with E-state index in [4.69, 9.17) is 9.47 Å². The number of rotatable bonds is 3. The number of ether oxygens (including phenoxy) is 2. The van der Waals surface area contributed by atoms with Gasteiger partial charge in [0.2, 0.25) is 0 Å². The van der Waals surface area contributed by atoms with E-state index in [1.165, 1.54) is 6.07 Å². The van der Waals surface area contributed by atoms with Gasteiger partial charge in [0.25, 0.3) is 0 Å². The molecule has 18 heavy (non-hydrogen) atoms. The van der Waals surface area contributed by atoms with Crippen LogP contribution >= 0.6 is 0 Å². The van der Waals surface area contributed by atoms with Crippen LogP contribution in [0.3, 0.4) is 0 Å². The van der Waals surface area contributed by atoms with E-state index in [1.807, 2.05) is 26.8 Å². The third kappa shape index (κ3) is 3.51. The van der Waals surface area contributed by atoms with Gasteiger partial charge >= 0.3 is 0 Å². The average molecular weight is 253 g/mol. The first-order chi connectivity index (χ1) is 8.46. The predicted octanol–water partition coefficient (Wildman–Crippen LogP) is 2.63. The SMILES string of the molecule is C[C@@H](NC1COC(C)(C)OC1)c1cccc(F)c1. The summed E-state index contributed by atoms with van der Waals surface area (Å²) >= 11 is 0. The van der Waals surface area contributed by atoms with E-state index in [9.17, 15) is 4.39 Å². The maximum absolute atomic E-state index is 13.1. The number of halogens is 1. The minimum absolute atomic E-state index is 0.0686. The molecule has 1 aromatic rings. The van der Waals surface area contributed by atoms with Gasteiger partial charge in [-0.15, -0.1) is 0 Å². The second-order valence-electron chi connectivity index (χ2n) is 5.16. The zero-order chi connectivity index (χ0) is 13.2. The van der Waals surface area contributed by atoms with Gasteiger partial charge in [-0.25, -0.2) is 4.39 Å². The van der Waals surface area contributed by atoms with Gasteiger partial charge in [0, 0.05) is 6.04 Å². The van der Waals surface area contributed by atoms with Crippen LogP contribution in [-0.2, 0) is 9.47 Å². The highest BCUT2D eigenvalue weighted by Crippen LogP contribution is 2.20. The van der Waals surface area contributed by atoms with E-state index in [0.717, 1.165) is 5.56 Å². The van der Waals surface area contributed by atoms with E-state index in [1.54, 1.807) is 12.1 Å². The molecule has 3 nitrogen and oxygen atoms in total. The van der Waals surface area contributed by atoms with Crippen molar-refractivity contribution in [2.24, 2.45) is 0 Å². The van der Waals surface area contributed by atoms with Crippen molar-refractivity contribution in [3.8, 4) is 0 Å². The van der Waals surface area contributed by atoms with Crippen molar-refractivity contribution in [2.75, 3.05) is 13.2 Å². The zero-order valence-electron chi connectivity index (χ0n) is 11.1. The smallest absolute Gasteiger partial charge is 0.162 e. The lowest BCUT2D eigenvalue weighted by molar-refractivity contribution is -0.253. The van der Waals surface area contributed by atoms with Crippen LogP contribution in [0.4, 0.5) is 4.39 Å². The van der Waals surface area contributed by atoms with Crippen molar-refractivity contribution in [3.63, 3.8) is 0 Å². The van der Waals surface area contributed by atoms with Gasteiger partial charge < -0.3 is 14.8 Å². The molecule has 1 heterocycles. The number of hydrogen-bond acceptors (Lipinski definition) is 3. The van der Waals surface area contributed by atoms with Crippen molar-refractivity contribution >= 4 is 0 Å². The highest BCUT2D eigenvalue weighted by Gasteiger charge is 2.28. The maximum Gasteiger partial charge on any atom is 0.162 e. The number of benzene rings is 1. The molecule has 1 aromatic carbocycles. The maximum atomic E-state index is 13.1. The Bertz CT molecular complexity index is 399. The molecule has 1 fully saturated rings. The monoisotopic (exact) mass is 253 g/mol. The Morgan fingerprint density at radius 2 is 2.00 bits per heavy atom. The minimum atomic E-state index is -0.500. The first kappa shape index (κ1) is 13.5. The molecule has 0 radical (unpaired) electrons. The summed E-state index contributed by atoms with van der Waals surface area (Å²) in [5.41, 5.74) is 0.930. The second kappa shape index (κ2) is 5.34. The van der Waals surface area contributed by atoms with E-state index < -0.39 is 5.79 Å². The molecule has 1 aliphatic heterocycles. The van der Waals surface area contributed by atoms with Gasteiger partial charge in [-0.1, -0.05) is 12.1 Å². The highest BCUT2D eigenvalue weighted by molar-refractivity contribution is 5.19. The van der Waals surface area contributed by atoms with Crippen LogP contribution < -0.4 is 5.32 Å². The molecule has 4 heteroatoms. The zero-order valence-corrected chi connectivity index (χ0v) is 11.1. The quantitative estimate of drug-likeness (QED) is 0.898. The number of hydrogen-bond donors (Lipinski definition) is 1. The standard InChI is InChI=1S/C14H20FNO2/c1-10(11-5-4-6-12(15)7-11)16-13-8-17-14(2,3)18-9-13/h4-7,10,13,16H,8-9H2,1-3H3/t10-/m1/s1. The fourth-order valence-corrected chi connectivity index (χ4v) is 2.01. The van der Waals surface area contributed by atoms with Crippen LogP contribution in [0.25, 0.3) is 0 Å². The van der Waals surface area contributed by atoms with Gasteiger partial charge in [-0.05, 0) is 38.5 Å². The van der Waals surface area contributed by atoms with E-state index in [2.05, 4.69) is 5.32 Å². The Kier molecular flexibility index (Phi) is 4.00. The summed E-state index contributed by atoms with van der Waals surface area (Å²) in [4.78, 5) is 0. The normalized spacial score (nSPS) is 21.8. The van der Waals surface area contributed by atoms with Gasteiger partial charge in [-0.3, -0.25) is 0 Å². The Morgan fingerprint density at radius 3 is 2.61 bits per heavy atom. The molecule has 1 aliphatic rings. The first-order valence-electron chi connectivity index (χ1n) is 6.26. The fourth-order valence-electron chi connectivity index (χ4n) is 2.01. The summed E-state index contributed by atoms with van der Waals surface area (Å²) in [7, 11) is 0. The lowest BCUT2D eigenvalue weighted by Crippen LogP contribution is -2.49. The van der Waals surface area contributed by atoms with E-state index in [-0.39, 0.29) is 17.9 Å². The topological polar surface area (TPSA) is 30.5 Å². The minimum Gasteiger partial charge on any atom is -0.349 e. The van der Waals surface area contributed by atoms with Gasteiger partial charge in [0.15, 0.2) is 5.79 Å². The predicted molar refractivity (Wildman–Crippen MR) is 67.7 cm³/mol. The van der Waals surface area contributed by atoms with Crippen LogP contribution in [0.15, 0.2) is 24.3 Å². The summed E-state index contributed by atoms with van der Waals surface area (Å²) < 4.78 is 24.3. The Morgan fingerprint density at radius 1 is 1.33 bits per heavy atom. The second-order valence-corrected chi connectivity index (χ2v) is 5.16. The molecule has 100 valence electrons. The molecule has 1 saturated heterocycles. The van der Waals surface area contributed by atoms with Crippen molar-refractivity contribution in [1.82, 2.24) is 5.32 Å². The molecule has 0 aromatic heterocycles. The molecule has 0 bridgehead atoms. The van der Waals surface area contributed by atoms with Crippen LogP contribution in [-0.4, -0.2) is 25.0 Å². The van der Waals surface area contributed by atoms with Crippen molar-refractivity contribution in [2.45, 2.75) is 38.6 Å². The summed E-state index contributed by atoms with van der Waals surface area (Å²) in [6.45, 7) is 7.02. The molecule has 0 aliphatic carbocycles. The third-order valence-corrected chi connectivity index (χ3v) is 3.10. The molecule has 0 unspecified atom stereocenters. The van der Waals surface area contributed by atoms with Gasteiger partial charge in [0.05, 0.1) is 19.3 Å². The molecule has 1 N–H and O–H groups in total. The first-order valence-corrected chi connectivity index (χ1v) is 6.26. The summed E-state index contributed by atoms with van der Waals surface area (Å²) in [6, 6.07) is 6.84. The van der Waals surface area contributed by atoms with Crippen LogP contribution in [0, 0.1) is 5.82 Å². The Labute approximate surface area is 107 Å². The summed E-state index contributed by atoms with van der Waals surface area (Å²) in [5, 5.41) is 3.38. The molecular weight excluding hydrogens is 233 g/mol. The van der Waals surface area contributed by atoms with E-state index in [0.29, 0.717) is 13.2 Å². The largest absolute Gasteiger partial charge is 0.349 e. The summed E-state index contributed by atoms with van der Waals surface area (Å²) in [6.07, 6.45) is 0. The average Bonchev–Trinajstić information content (AvgIpc) is 2.32. The van der Waals surface area contributed by atoms with Crippen LogP contribution in [0.5, 0.6) is 0 Å². The fraction of sp³-hybridized carbons (Fsp3) is 0.571. The lowest BCUT2D eigenvalue weighted by Gasteiger charge is -2.36. The van der Waals surface area contributed by atoms with Crippen molar-refractivity contribution in [3.05, 3.63) is 35.6 Å². The van der Waals surface area contributed by atoms with Gasteiger partial charge in [-0.2, -0.15) is 0 Å². The lowest BCUT2D eigenvalue weighted by atomic mass is 10.1. The number of nitrogens with one attached hydrogen (secondary N) is 1. The molecule has 1 atom stereocenters. The van der Waals surface area contributed by atoms with Gasteiger partial charge in [0.1, 0.15) is 5.82 Å². The highest BCUT2D eigenvalue weighted by atomic mass is 19.1. The molecule has 0 saturated carbocycles. The third-order valence-electron chi connectivity index (χ3n) is 3.10. The molecule has 2 rings (SSSR count). The molecule has 0 amide bonds. The Balaban J connectivity index is 1.90. The van der Waals surface area contributed by atoms with E-state index >= 15 is 0 Å². The van der Waals surface area contributed by atoms with Crippen LogP contribution in [0.1, 0.15) is 32.4 Å².